The van der Waals surface area contributed by atoms with Crippen molar-refractivity contribution in [3.63, 3.8) is 0 Å². The van der Waals surface area contributed by atoms with Crippen LogP contribution in [0.5, 0.6) is 0 Å². The number of aliphatic imine (C=N–C) groups is 1. The summed E-state index contributed by atoms with van der Waals surface area (Å²) < 4.78 is 38.4. The number of hydrogen-bond acceptors (Lipinski definition) is 3. The fraction of sp³-hybridized carbons (Fsp3) is 0.391. The van der Waals surface area contributed by atoms with Crippen molar-refractivity contribution < 1.29 is 13.2 Å². The Morgan fingerprint density at radius 1 is 1.19 bits per heavy atom. The molecule has 1 aromatic heterocycles. The molecule has 1 aliphatic heterocycles. The van der Waals surface area contributed by atoms with Crippen LogP contribution < -0.4 is 15.5 Å². The second-order valence-corrected chi connectivity index (χ2v) is 7.17. The summed E-state index contributed by atoms with van der Waals surface area (Å²) in [6.07, 6.45) is -0.659. The van der Waals surface area contributed by atoms with Crippen LogP contribution in [-0.2, 0) is 6.18 Å². The van der Waals surface area contributed by atoms with E-state index in [1.807, 2.05) is 25.1 Å². The van der Waals surface area contributed by atoms with E-state index in [9.17, 15) is 13.2 Å². The van der Waals surface area contributed by atoms with Gasteiger partial charge in [0.2, 0.25) is 0 Å². The first kappa shape index (κ1) is 22.5. The summed E-state index contributed by atoms with van der Waals surface area (Å²) in [5.74, 6) is 7.25. The number of benzene rings is 1. The van der Waals surface area contributed by atoms with Crippen molar-refractivity contribution in [3.8, 4) is 11.8 Å². The minimum absolute atomic E-state index is 0.193. The predicted molar refractivity (Wildman–Crippen MR) is 117 cm³/mol. The molecular formula is C23H26F3N5. The molecule has 0 atom stereocenters. The molecule has 3 rings (SSSR count). The first-order chi connectivity index (χ1) is 15.0. The van der Waals surface area contributed by atoms with Crippen LogP contribution in [0.3, 0.4) is 0 Å². The summed E-state index contributed by atoms with van der Waals surface area (Å²) in [6, 6.07) is 11.2. The molecule has 164 valence electrons. The van der Waals surface area contributed by atoms with Crippen LogP contribution >= 0.6 is 0 Å². The van der Waals surface area contributed by atoms with Gasteiger partial charge in [-0.2, -0.15) is 13.2 Å². The maximum absolute atomic E-state index is 12.8. The topological polar surface area (TPSA) is 52.6 Å². The second-order valence-electron chi connectivity index (χ2n) is 7.17. The van der Waals surface area contributed by atoms with Crippen LogP contribution in [0.1, 0.15) is 30.9 Å². The van der Waals surface area contributed by atoms with E-state index in [0.717, 1.165) is 43.9 Å². The number of pyridine rings is 1. The second kappa shape index (κ2) is 10.7. The first-order valence-electron chi connectivity index (χ1n) is 10.3. The molecule has 0 bridgehead atoms. The Hall–Kier alpha value is -3.21. The van der Waals surface area contributed by atoms with E-state index in [4.69, 9.17) is 0 Å². The third-order valence-corrected chi connectivity index (χ3v) is 4.89. The number of alkyl halides is 3. The highest BCUT2D eigenvalue weighted by Crippen LogP contribution is 2.29. The van der Waals surface area contributed by atoms with Crippen molar-refractivity contribution >= 4 is 11.8 Å². The standard InChI is InChI=1S/C23H26F3N5/c1-2-27-22(29-14-6-8-18-7-5-9-19(17-18)23(24,25)26)30-20-11-15-31(16-12-20)21-10-3-4-13-28-21/h3-5,7,9-10,13,17,20H,2,11-12,14-16H2,1H3,(H2,27,29,30). The van der Waals surface area contributed by atoms with E-state index >= 15 is 0 Å². The minimum atomic E-state index is -4.37. The van der Waals surface area contributed by atoms with E-state index in [0.29, 0.717) is 18.1 Å². The van der Waals surface area contributed by atoms with Gasteiger partial charge < -0.3 is 15.5 Å². The molecule has 1 fully saturated rings. The molecule has 0 saturated carbocycles. The molecule has 1 aliphatic rings. The van der Waals surface area contributed by atoms with Gasteiger partial charge in [-0.1, -0.05) is 24.0 Å². The van der Waals surface area contributed by atoms with Crippen molar-refractivity contribution in [3.05, 3.63) is 59.8 Å². The van der Waals surface area contributed by atoms with Crippen LogP contribution in [0.2, 0.25) is 0 Å². The number of piperidine rings is 1. The lowest BCUT2D eigenvalue weighted by atomic mass is 10.1. The van der Waals surface area contributed by atoms with Crippen LogP contribution in [0.15, 0.2) is 53.7 Å². The number of guanidine groups is 1. The van der Waals surface area contributed by atoms with Gasteiger partial charge in [-0.05, 0) is 50.1 Å². The molecule has 0 aliphatic carbocycles. The fourth-order valence-corrected chi connectivity index (χ4v) is 3.34. The van der Waals surface area contributed by atoms with E-state index in [1.54, 1.807) is 12.3 Å². The molecule has 31 heavy (non-hydrogen) atoms. The van der Waals surface area contributed by atoms with Gasteiger partial charge in [-0.3, -0.25) is 0 Å². The molecule has 0 unspecified atom stereocenters. The van der Waals surface area contributed by atoms with Gasteiger partial charge in [0.15, 0.2) is 5.96 Å². The Morgan fingerprint density at radius 3 is 2.68 bits per heavy atom. The minimum Gasteiger partial charge on any atom is -0.357 e. The number of rotatable bonds is 4. The van der Waals surface area contributed by atoms with E-state index in [-0.39, 0.29) is 12.6 Å². The predicted octanol–water partition coefficient (Wildman–Crippen LogP) is 3.68. The molecule has 0 spiro atoms. The molecule has 2 heterocycles. The Bertz CT molecular complexity index is 923. The van der Waals surface area contributed by atoms with Gasteiger partial charge in [0, 0.05) is 37.4 Å². The summed E-state index contributed by atoms with van der Waals surface area (Å²) >= 11 is 0. The van der Waals surface area contributed by atoms with Gasteiger partial charge in [-0.25, -0.2) is 9.98 Å². The quantitative estimate of drug-likeness (QED) is 0.442. The van der Waals surface area contributed by atoms with E-state index in [2.05, 4.69) is 37.4 Å². The summed E-state index contributed by atoms with van der Waals surface area (Å²) in [4.78, 5) is 11.1. The lowest BCUT2D eigenvalue weighted by molar-refractivity contribution is -0.137. The molecule has 2 aromatic rings. The molecule has 5 nitrogen and oxygen atoms in total. The van der Waals surface area contributed by atoms with Crippen LogP contribution in [-0.4, -0.2) is 43.2 Å². The Balaban J connectivity index is 1.54. The number of nitrogens with zero attached hydrogens (tertiary/aromatic N) is 3. The number of hydrogen-bond donors (Lipinski definition) is 2. The maximum Gasteiger partial charge on any atom is 0.416 e. The third kappa shape index (κ3) is 6.92. The average Bonchev–Trinajstić information content (AvgIpc) is 2.77. The smallest absolute Gasteiger partial charge is 0.357 e. The maximum atomic E-state index is 12.8. The van der Waals surface area contributed by atoms with Gasteiger partial charge in [0.25, 0.3) is 0 Å². The zero-order valence-corrected chi connectivity index (χ0v) is 17.4. The van der Waals surface area contributed by atoms with Gasteiger partial charge >= 0.3 is 6.18 Å². The molecule has 8 heteroatoms. The van der Waals surface area contributed by atoms with Crippen molar-refractivity contribution in [2.75, 3.05) is 31.1 Å². The molecule has 0 amide bonds. The molecule has 0 radical (unpaired) electrons. The molecule has 1 aromatic carbocycles. The van der Waals surface area contributed by atoms with Crippen molar-refractivity contribution in [1.29, 1.82) is 0 Å². The summed E-state index contributed by atoms with van der Waals surface area (Å²) in [7, 11) is 0. The monoisotopic (exact) mass is 429 g/mol. The zero-order valence-electron chi connectivity index (χ0n) is 17.4. The summed E-state index contributed by atoms with van der Waals surface area (Å²) in [5, 5.41) is 6.63. The van der Waals surface area contributed by atoms with Gasteiger partial charge in [-0.15, -0.1) is 0 Å². The number of anilines is 1. The summed E-state index contributed by atoms with van der Waals surface area (Å²) in [6.45, 7) is 4.69. The van der Waals surface area contributed by atoms with Crippen LogP contribution in [0, 0.1) is 11.8 Å². The van der Waals surface area contributed by atoms with Crippen LogP contribution in [0.25, 0.3) is 0 Å². The molecular weight excluding hydrogens is 403 g/mol. The molecule has 1 saturated heterocycles. The van der Waals surface area contributed by atoms with Crippen molar-refractivity contribution in [1.82, 2.24) is 15.6 Å². The van der Waals surface area contributed by atoms with E-state index in [1.165, 1.54) is 6.07 Å². The SMILES string of the molecule is CCNC(=NCC#Cc1cccc(C(F)(F)F)c1)NC1CCN(c2ccccn2)CC1. The van der Waals surface area contributed by atoms with Crippen LogP contribution in [0.4, 0.5) is 19.0 Å². The highest BCUT2D eigenvalue weighted by molar-refractivity contribution is 5.80. The molecule has 2 N–H and O–H groups in total. The largest absolute Gasteiger partial charge is 0.416 e. The first-order valence-corrected chi connectivity index (χ1v) is 10.3. The van der Waals surface area contributed by atoms with Crippen molar-refractivity contribution in [2.24, 2.45) is 4.99 Å². The normalized spacial score (nSPS) is 15.2. The lowest BCUT2D eigenvalue weighted by Crippen LogP contribution is -2.49. The summed E-state index contributed by atoms with van der Waals surface area (Å²) in [5.41, 5.74) is -0.375. The van der Waals surface area contributed by atoms with E-state index < -0.39 is 11.7 Å². The van der Waals surface area contributed by atoms with Gasteiger partial charge in [0.1, 0.15) is 12.4 Å². The highest BCUT2D eigenvalue weighted by Gasteiger charge is 2.30. The highest BCUT2D eigenvalue weighted by atomic mass is 19.4. The zero-order chi connectivity index (χ0) is 22.1. The Kier molecular flexibility index (Phi) is 7.76. The number of nitrogens with one attached hydrogen (secondary N) is 2. The Labute approximate surface area is 180 Å². The fourth-order valence-electron chi connectivity index (χ4n) is 3.34. The average molecular weight is 429 g/mol. The number of halogens is 3. The number of aromatic nitrogens is 1. The lowest BCUT2D eigenvalue weighted by Gasteiger charge is -2.33. The Morgan fingerprint density at radius 2 is 2.00 bits per heavy atom. The van der Waals surface area contributed by atoms with Crippen molar-refractivity contribution in [2.45, 2.75) is 32.0 Å². The van der Waals surface area contributed by atoms with Gasteiger partial charge in [0.05, 0.1) is 5.56 Å². The third-order valence-electron chi connectivity index (χ3n) is 4.89.